The molecule has 3 aromatic rings. The van der Waals surface area contributed by atoms with E-state index in [1.807, 2.05) is 25.4 Å². The molecule has 3 aromatic heterocycles. The molecule has 1 saturated heterocycles. The average Bonchev–Trinajstić information content (AvgIpc) is 2.80. The maximum atomic E-state index is 4.74. The number of hydrogen-bond donors (Lipinski definition) is 0. The lowest BCUT2D eigenvalue weighted by atomic mass is 10.2. The first kappa shape index (κ1) is 11.3. The Balaban J connectivity index is 1.96. The number of aryl methyl sites for hydroxylation is 1. The second kappa shape index (κ2) is 4.26. The highest BCUT2D eigenvalue weighted by Crippen LogP contribution is 2.29. The van der Waals surface area contributed by atoms with Crippen molar-refractivity contribution in [3.8, 4) is 11.4 Å². The van der Waals surface area contributed by atoms with Gasteiger partial charge in [0.25, 0.3) is 0 Å². The number of nitrogens with zero attached hydrogens (tertiary/aromatic N) is 6. The number of fused-ring (bicyclic) bond motifs is 1. The molecule has 1 aliphatic heterocycles. The van der Waals surface area contributed by atoms with E-state index < -0.39 is 0 Å². The van der Waals surface area contributed by atoms with Gasteiger partial charge in [-0.25, -0.2) is 9.97 Å². The smallest absolute Gasteiger partial charge is 0.164 e. The van der Waals surface area contributed by atoms with Gasteiger partial charge in [0.2, 0.25) is 0 Å². The first-order valence-corrected chi connectivity index (χ1v) is 6.68. The lowest BCUT2D eigenvalue weighted by Gasteiger charge is -2.32. The highest BCUT2D eigenvalue weighted by Gasteiger charge is 2.21. The summed E-state index contributed by atoms with van der Waals surface area (Å²) in [5, 5.41) is 5.33. The van der Waals surface area contributed by atoms with Gasteiger partial charge in [-0.2, -0.15) is 5.10 Å². The van der Waals surface area contributed by atoms with Crippen LogP contribution in [-0.4, -0.2) is 37.8 Å². The summed E-state index contributed by atoms with van der Waals surface area (Å²) in [5.74, 6) is 1.71. The highest BCUT2D eigenvalue weighted by molar-refractivity contribution is 5.88. The monoisotopic (exact) mass is 266 g/mol. The Kier molecular flexibility index (Phi) is 2.42. The second-order valence-electron chi connectivity index (χ2n) is 4.95. The van der Waals surface area contributed by atoms with E-state index in [2.05, 4.69) is 20.0 Å². The van der Waals surface area contributed by atoms with Gasteiger partial charge in [0, 0.05) is 38.1 Å². The third kappa shape index (κ3) is 1.65. The lowest BCUT2D eigenvalue weighted by molar-refractivity contribution is 0.612. The van der Waals surface area contributed by atoms with Gasteiger partial charge in [-0.3, -0.25) is 9.67 Å². The van der Waals surface area contributed by atoms with Gasteiger partial charge in [-0.1, -0.05) is 0 Å². The van der Waals surface area contributed by atoms with E-state index in [1.54, 1.807) is 17.1 Å². The molecule has 4 rings (SSSR count). The quantitative estimate of drug-likeness (QED) is 0.705. The minimum atomic E-state index is 0.727. The van der Waals surface area contributed by atoms with Crippen LogP contribution in [0.3, 0.4) is 0 Å². The topological polar surface area (TPSA) is 59.7 Å². The first-order chi connectivity index (χ1) is 9.83. The molecular weight excluding hydrogens is 252 g/mol. The van der Waals surface area contributed by atoms with E-state index in [-0.39, 0.29) is 0 Å². The minimum Gasteiger partial charge on any atom is -0.356 e. The van der Waals surface area contributed by atoms with Crippen molar-refractivity contribution in [2.75, 3.05) is 18.0 Å². The van der Waals surface area contributed by atoms with Gasteiger partial charge < -0.3 is 4.90 Å². The van der Waals surface area contributed by atoms with Crippen LogP contribution >= 0.6 is 0 Å². The fourth-order valence-corrected chi connectivity index (χ4v) is 2.41. The zero-order valence-electron chi connectivity index (χ0n) is 11.2. The summed E-state index contributed by atoms with van der Waals surface area (Å²) in [4.78, 5) is 15.7. The van der Waals surface area contributed by atoms with Crippen molar-refractivity contribution in [3.63, 3.8) is 0 Å². The third-order valence-corrected chi connectivity index (χ3v) is 3.67. The van der Waals surface area contributed by atoms with Gasteiger partial charge in [-0.15, -0.1) is 0 Å². The Morgan fingerprint density at radius 3 is 2.60 bits per heavy atom. The molecular formula is C14H14N6. The Morgan fingerprint density at radius 1 is 1.10 bits per heavy atom. The van der Waals surface area contributed by atoms with Gasteiger partial charge >= 0.3 is 0 Å². The summed E-state index contributed by atoms with van der Waals surface area (Å²) < 4.78 is 1.80. The van der Waals surface area contributed by atoms with Gasteiger partial charge in [-0.05, 0) is 18.6 Å². The van der Waals surface area contributed by atoms with Crippen LogP contribution in [0, 0.1) is 0 Å². The van der Waals surface area contributed by atoms with Gasteiger partial charge in [0.1, 0.15) is 5.82 Å². The summed E-state index contributed by atoms with van der Waals surface area (Å²) in [6, 6.07) is 3.86. The van der Waals surface area contributed by atoms with Crippen LogP contribution in [0.4, 0.5) is 5.82 Å². The molecule has 1 fully saturated rings. The molecule has 100 valence electrons. The van der Waals surface area contributed by atoms with E-state index in [1.165, 1.54) is 6.42 Å². The van der Waals surface area contributed by atoms with Gasteiger partial charge in [0.05, 0.1) is 11.6 Å². The predicted octanol–water partition coefficient (Wildman–Crippen LogP) is 1.64. The molecule has 0 bridgehead atoms. The molecule has 0 unspecified atom stereocenters. The highest BCUT2D eigenvalue weighted by atomic mass is 15.3. The van der Waals surface area contributed by atoms with Crippen molar-refractivity contribution >= 4 is 16.9 Å². The van der Waals surface area contributed by atoms with Crippen LogP contribution in [0.2, 0.25) is 0 Å². The fraction of sp³-hybridized carbons (Fsp3) is 0.286. The minimum absolute atomic E-state index is 0.727. The number of hydrogen-bond acceptors (Lipinski definition) is 5. The number of pyridine rings is 1. The molecule has 0 atom stereocenters. The molecule has 6 nitrogen and oxygen atoms in total. The van der Waals surface area contributed by atoms with Crippen molar-refractivity contribution < 1.29 is 0 Å². The molecule has 4 heterocycles. The molecule has 0 N–H and O–H groups in total. The molecule has 0 aliphatic carbocycles. The zero-order chi connectivity index (χ0) is 13.5. The standard InChI is InChI=1S/C14H14N6/c1-19-13-11(9-16-19)14(20-7-2-8-20)18-12(17-13)10-3-5-15-6-4-10/h3-6,9H,2,7-8H2,1H3. The number of anilines is 1. The van der Waals surface area contributed by atoms with Crippen molar-refractivity contribution in [1.82, 2.24) is 24.7 Å². The molecule has 0 aromatic carbocycles. The van der Waals surface area contributed by atoms with Crippen LogP contribution in [-0.2, 0) is 7.05 Å². The second-order valence-corrected chi connectivity index (χ2v) is 4.95. The molecule has 0 radical (unpaired) electrons. The number of rotatable bonds is 2. The Labute approximate surface area is 116 Å². The summed E-state index contributed by atoms with van der Waals surface area (Å²) >= 11 is 0. The maximum absolute atomic E-state index is 4.74. The molecule has 1 aliphatic rings. The van der Waals surface area contributed by atoms with E-state index in [4.69, 9.17) is 4.98 Å². The van der Waals surface area contributed by atoms with Crippen LogP contribution in [0.1, 0.15) is 6.42 Å². The van der Waals surface area contributed by atoms with E-state index in [9.17, 15) is 0 Å². The SMILES string of the molecule is Cn1ncc2c(N3CCC3)nc(-c3ccncc3)nc21. The maximum Gasteiger partial charge on any atom is 0.164 e. The molecule has 0 saturated carbocycles. The van der Waals surface area contributed by atoms with Crippen LogP contribution in [0.15, 0.2) is 30.7 Å². The van der Waals surface area contributed by atoms with Crippen LogP contribution in [0.5, 0.6) is 0 Å². The largest absolute Gasteiger partial charge is 0.356 e. The first-order valence-electron chi connectivity index (χ1n) is 6.68. The van der Waals surface area contributed by atoms with Crippen LogP contribution < -0.4 is 4.90 Å². The van der Waals surface area contributed by atoms with Crippen molar-refractivity contribution in [3.05, 3.63) is 30.7 Å². The Bertz CT molecular complexity index is 760. The van der Waals surface area contributed by atoms with Crippen molar-refractivity contribution in [2.24, 2.45) is 7.05 Å². The average molecular weight is 266 g/mol. The third-order valence-electron chi connectivity index (χ3n) is 3.67. The summed E-state index contributed by atoms with van der Waals surface area (Å²) in [6.45, 7) is 2.10. The molecule has 20 heavy (non-hydrogen) atoms. The van der Waals surface area contributed by atoms with E-state index in [0.717, 1.165) is 41.3 Å². The zero-order valence-corrected chi connectivity index (χ0v) is 11.2. The Hall–Kier alpha value is -2.50. The Morgan fingerprint density at radius 2 is 1.90 bits per heavy atom. The number of aromatic nitrogens is 5. The lowest BCUT2D eigenvalue weighted by Crippen LogP contribution is -2.37. The van der Waals surface area contributed by atoms with Crippen molar-refractivity contribution in [1.29, 1.82) is 0 Å². The summed E-state index contributed by atoms with van der Waals surface area (Å²) in [5.41, 5.74) is 1.85. The summed E-state index contributed by atoms with van der Waals surface area (Å²) in [7, 11) is 1.91. The van der Waals surface area contributed by atoms with Crippen LogP contribution in [0.25, 0.3) is 22.4 Å². The molecule has 0 amide bonds. The van der Waals surface area contributed by atoms with Gasteiger partial charge in [0.15, 0.2) is 11.5 Å². The predicted molar refractivity (Wildman–Crippen MR) is 76.4 cm³/mol. The fourth-order valence-electron chi connectivity index (χ4n) is 2.41. The molecule has 6 heteroatoms. The van der Waals surface area contributed by atoms with E-state index >= 15 is 0 Å². The molecule has 0 spiro atoms. The normalized spacial score (nSPS) is 14.6. The van der Waals surface area contributed by atoms with Crippen molar-refractivity contribution in [2.45, 2.75) is 6.42 Å². The summed E-state index contributed by atoms with van der Waals surface area (Å²) in [6.07, 6.45) is 6.58. The van der Waals surface area contributed by atoms with E-state index in [0.29, 0.717) is 0 Å².